The highest BCUT2D eigenvalue weighted by Gasteiger charge is 2.39. The van der Waals surface area contributed by atoms with Crippen molar-refractivity contribution in [2.45, 2.75) is 51.5 Å². The quantitative estimate of drug-likeness (QED) is 0.612. The van der Waals surface area contributed by atoms with E-state index in [4.69, 9.17) is 4.74 Å². The fourth-order valence-electron chi connectivity index (χ4n) is 4.20. The van der Waals surface area contributed by atoms with Crippen molar-refractivity contribution in [1.29, 1.82) is 0 Å². The average Bonchev–Trinajstić information content (AvgIpc) is 3.26. The molecule has 7 heteroatoms. The van der Waals surface area contributed by atoms with Crippen LogP contribution in [0.2, 0.25) is 0 Å². The van der Waals surface area contributed by atoms with Gasteiger partial charge in [-0.15, -0.1) is 5.10 Å². The van der Waals surface area contributed by atoms with Gasteiger partial charge in [0, 0.05) is 5.69 Å². The van der Waals surface area contributed by atoms with Crippen LogP contribution in [0.15, 0.2) is 48.5 Å². The molecule has 1 aliphatic rings. The van der Waals surface area contributed by atoms with Gasteiger partial charge in [-0.2, -0.15) is 4.68 Å². The third kappa shape index (κ3) is 4.06. The number of esters is 1. The van der Waals surface area contributed by atoms with E-state index in [-0.39, 0.29) is 11.5 Å². The molecule has 7 nitrogen and oxygen atoms in total. The first-order valence-electron chi connectivity index (χ1n) is 10.5. The number of carbonyl (C=O) groups excluding carboxylic acids is 1. The predicted molar refractivity (Wildman–Crippen MR) is 115 cm³/mol. The molecular weight excluding hydrogens is 378 g/mol. The fourth-order valence-corrected chi connectivity index (χ4v) is 4.20. The zero-order chi connectivity index (χ0) is 21.0. The minimum absolute atomic E-state index is 0.336. The van der Waals surface area contributed by atoms with E-state index in [1.165, 1.54) is 12.0 Å². The molecule has 0 radical (unpaired) electrons. The summed E-state index contributed by atoms with van der Waals surface area (Å²) in [5, 5.41) is 16.5. The van der Waals surface area contributed by atoms with Gasteiger partial charge in [0.2, 0.25) is 0 Å². The number of nitrogens with zero attached hydrogens (tertiary/aromatic N) is 4. The minimum Gasteiger partial charge on any atom is -0.462 e. The topological polar surface area (TPSA) is 81.9 Å². The molecule has 0 amide bonds. The van der Waals surface area contributed by atoms with E-state index in [2.05, 4.69) is 52.0 Å². The Labute approximate surface area is 176 Å². The highest BCUT2D eigenvalue weighted by molar-refractivity contribution is 5.90. The smallest absolute Gasteiger partial charge is 0.338 e. The number of hydrogen-bond donors (Lipinski definition) is 1. The molecule has 0 unspecified atom stereocenters. The lowest BCUT2D eigenvalue weighted by atomic mass is 9.80. The summed E-state index contributed by atoms with van der Waals surface area (Å²) in [6.07, 6.45) is 5.30. The molecule has 1 aromatic heterocycles. The first kappa shape index (κ1) is 20.1. The van der Waals surface area contributed by atoms with Crippen LogP contribution in [-0.4, -0.2) is 32.8 Å². The van der Waals surface area contributed by atoms with Gasteiger partial charge < -0.3 is 10.1 Å². The molecule has 1 N–H and O–H groups in total. The van der Waals surface area contributed by atoms with E-state index in [1.54, 1.807) is 23.7 Å². The number of tetrazole rings is 1. The molecule has 1 heterocycles. The second-order valence-corrected chi connectivity index (χ2v) is 7.82. The third-order valence-electron chi connectivity index (χ3n) is 5.61. The van der Waals surface area contributed by atoms with Crippen LogP contribution >= 0.6 is 0 Å². The molecule has 0 saturated heterocycles. The Kier molecular flexibility index (Phi) is 5.79. The van der Waals surface area contributed by atoms with Gasteiger partial charge >= 0.3 is 5.97 Å². The number of rotatable bonds is 6. The summed E-state index contributed by atoms with van der Waals surface area (Å²) in [5.74, 6) is 0.420. The average molecular weight is 406 g/mol. The number of nitrogens with one attached hydrogen (secondary N) is 1. The first-order chi connectivity index (χ1) is 14.6. The Morgan fingerprint density at radius 3 is 2.70 bits per heavy atom. The van der Waals surface area contributed by atoms with E-state index >= 15 is 0 Å². The summed E-state index contributed by atoms with van der Waals surface area (Å²) in [6.45, 7) is 4.22. The Morgan fingerprint density at radius 1 is 1.13 bits per heavy atom. The molecule has 156 valence electrons. The van der Waals surface area contributed by atoms with Gasteiger partial charge in [-0.3, -0.25) is 0 Å². The zero-order valence-electron chi connectivity index (χ0n) is 17.5. The molecule has 1 saturated carbocycles. The fraction of sp³-hybridized carbons (Fsp3) is 0.391. The van der Waals surface area contributed by atoms with E-state index in [0.29, 0.717) is 12.2 Å². The van der Waals surface area contributed by atoms with Crippen molar-refractivity contribution >= 4 is 11.7 Å². The summed E-state index contributed by atoms with van der Waals surface area (Å²) in [5.41, 5.74) is 3.13. The molecule has 0 aliphatic heterocycles. The van der Waals surface area contributed by atoms with E-state index in [1.807, 2.05) is 12.1 Å². The Morgan fingerprint density at radius 2 is 1.93 bits per heavy atom. The highest BCUT2D eigenvalue weighted by Crippen LogP contribution is 2.39. The van der Waals surface area contributed by atoms with Crippen molar-refractivity contribution in [2.24, 2.45) is 0 Å². The van der Waals surface area contributed by atoms with Crippen molar-refractivity contribution in [3.05, 3.63) is 65.5 Å². The molecule has 2 aromatic carbocycles. The molecule has 0 bridgehead atoms. The molecule has 0 spiro atoms. The van der Waals surface area contributed by atoms with Gasteiger partial charge in [0.25, 0.3) is 0 Å². The maximum absolute atomic E-state index is 12.2. The van der Waals surface area contributed by atoms with Crippen LogP contribution < -0.4 is 5.32 Å². The SMILES string of the molecule is CCOC(=O)c1cccc(-n2nnnc2C2(Nc3cccc(C)c3)CCCCC2)c1. The Balaban J connectivity index is 1.73. The number of benzene rings is 2. The second-order valence-electron chi connectivity index (χ2n) is 7.82. The normalized spacial score (nSPS) is 15.5. The molecule has 4 rings (SSSR count). The monoisotopic (exact) mass is 405 g/mol. The Bertz CT molecular complexity index is 1020. The lowest BCUT2D eigenvalue weighted by Crippen LogP contribution is -2.40. The van der Waals surface area contributed by atoms with Gasteiger partial charge in [-0.05, 0) is 73.0 Å². The lowest BCUT2D eigenvalue weighted by molar-refractivity contribution is 0.0526. The van der Waals surface area contributed by atoms with E-state index in [9.17, 15) is 4.79 Å². The highest BCUT2D eigenvalue weighted by atomic mass is 16.5. The van der Waals surface area contributed by atoms with Crippen LogP contribution in [0.4, 0.5) is 5.69 Å². The number of carbonyl (C=O) groups is 1. The maximum atomic E-state index is 12.2. The molecule has 1 fully saturated rings. The van der Waals surface area contributed by atoms with Crippen molar-refractivity contribution in [1.82, 2.24) is 20.2 Å². The molecule has 0 atom stereocenters. The molecule has 3 aromatic rings. The van der Waals surface area contributed by atoms with E-state index in [0.717, 1.165) is 42.9 Å². The van der Waals surface area contributed by atoms with Crippen molar-refractivity contribution in [2.75, 3.05) is 11.9 Å². The van der Waals surface area contributed by atoms with Crippen molar-refractivity contribution < 1.29 is 9.53 Å². The number of aryl methyl sites for hydroxylation is 1. The van der Waals surface area contributed by atoms with Crippen LogP contribution in [-0.2, 0) is 10.3 Å². The zero-order valence-corrected chi connectivity index (χ0v) is 17.5. The summed E-state index contributed by atoms with van der Waals surface area (Å²) in [4.78, 5) is 12.2. The molecule has 30 heavy (non-hydrogen) atoms. The molecular formula is C23H27N5O2. The number of ether oxygens (including phenoxy) is 1. The lowest BCUT2D eigenvalue weighted by Gasteiger charge is -2.37. The largest absolute Gasteiger partial charge is 0.462 e. The van der Waals surface area contributed by atoms with Crippen LogP contribution in [0, 0.1) is 6.92 Å². The number of hydrogen-bond acceptors (Lipinski definition) is 6. The van der Waals surface area contributed by atoms with Crippen LogP contribution in [0.25, 0.3) is 5.69 Å². The maximum Gasteiger partial charge on any atom is 0.338 e. The van der Waals surface area contributed by atoms with Crippen LogP contribution in [0.1, 0.15) is 60.8 Å². The summed E-state index contributed by atoms with van der Waals surface area (Å²) < 4.78 is 6.89. The van der Waals surface area contributed by atoms with Gasteiger partial charge in [0.15, 0.2) is 5.82 Å². The van der Waals surface area contributed by atoms with Crippen LogP contribution in [0.3, 0.4) is 0 Å². The van der Waals surface area contributed by atoms with Crippen molar-refractivity contribution in [3.8, 4) is 5.69 Å². The predicted octanol–water partition coefficient (Wildman–Crippen LogP) is 4.42. The van der Waals surface area contributed by atoms with Gasteiger partial charge in [0.05, 0.1) is 23.4 Å². The van der Waals surface area contributed by atoms with E-state index < -0.39 is 0 Å². The standard InChI is InChI=1S/C23H27N5O2/c1-3-30-21(29)18-10-8-12-20(16-18)28-22(25-26-27-28)23(13-5-4-6-14-23)24-19-11-7-9-17(2)15-19/h7-12,15-16,24H,3-6,13-14H2,1-2H3. The van der Waals surface area contributed by atoms with Crippen molar-refractivity contribution in [3.63, 3.8) is 0 Å². The Hall–Kier alpha value is -3.22. The third-order valence-corrected chi connectivity index (χ3v) is 5.61. The summed E-state index contributed by atoms with van der Waals surface area (Å²) in [6, 6.07) is 15.6. The summed E-state index contributed by atoms with van der Waals surface area (Å²) in [7, 11) is 0. The minimum atomic E-state index is -0.366. The van der Waals surface area contributed by atoms with Gasteiger partial charge in [-0.1, -0.05) is 37.5 Å². The van der Waals surface area contributed by atoms with Gasteiger partial charge in [0.1, 0.15) is 0 Å². The summed E-state index contributed by atoms with van der Waals surface area (Å²) >= 11 is 0. The first-order valence-corrected chi connectivity index (χ1v) is 10.5. The second kappa shape index (κ2) is 8.65. The number of aromatic nitrogens is 4. The van der Waals surface area contributed by atoms with Crippen LogP contribution in [0.5, 0.6) is 0 Å². The van der Waals surface area contributed by atoms with Gasteiger partial charge in [-0.25, -0.2) is 4.79 Å². The number of anilines is 1. The molecule has 1 aliphatic carbocycles.